The molecule has 3 rings (SSSR count). The van der Waals surface area contributed by atoms with Gasteiger partial charge in [-0.2, -0.15) is 5.10 Å². The summed E-state index contributed by atoms with van der Waals surface area (Å²) < 4.78 is 7.80. The van der Waals surface area contributed by atoms with E-state index in [1.165, 1.54) is 7.11 Å². The Balaban J connectivity index is 1.88. The summed E-state index contributed by atoms with van der Waals surface area (Å²) in [6, 6.07) is -0.241. The van der Waals surface area contributed by atoms with Crippen molar-refractivity contribution in [1.29, 1.82) is 0 Å². The lowest BCUT2D eigenvalue weighted by atomic mass is 10.2. The number of fused-ring (bicyclic) bond motifs is 1. The lowest BCUT2D eigenvalue weighted by molar-refractivity contribution is -0.146. The molecule has 0 spiro atoms. The van der Waals surface area contributed by atoms with Crippen LogP contribution in [0.25, 0.3) is 10.3 Å². The Morgan fingerprint density at radius 3 is 2.81 bits per heavy atom. The highest BCUT2D eigenvalue weighted by molar-refractivity contribution is 7.22. The number of methoxy groups -OCH3 is 1. The predicted octanol–water partition coefficient (Wildman–Crippen LogP) is 0.632. The van der Waals surface area contributed by atoms with Crippen LogP contribution in [0.4, 0.5) is 5.13 Å². The first kappa shape index (κ1) is 14.3. The van der Waals surface area contributed by atoms with Gasteiger partial charge in [0.15, 0.2) is 10.8 Å². The van der Waals surface area contributed by atoms with E-state index >= 15 is 0 Å². The molecule has 3 heterocycles. The summed E-state index contributed by atoms with van der Waals surface area (Å²) in [6.07, 6.45) is 0. The van der Waals surface area contributed by atoms with Crippen LogP contribution < -0.4 is 4.90 Å². The van der Waals surface area contributed by atoms with Gasteiger partial charge in [-0.05, 0) is 14.0 Å². The Bertz CT molecular complexity index is 645. The van der Waals surface area contributed by atoms with Crippen molar-refractivity contribution in [3.63, 3.8) is 0 Å². The van der Waals surface area contributed by atoms with Gasteiger partial charge in [0.1, 0.15) is 6.04 Å². The molecule has 114 valence electrons. The molecule has 0 saturated carbocycles. The zero-order valence-electron chi connectivity index (χ0n) is 12.7. The fraction of sp³-hybridized carbons (Fsp3) is 0.615. The largest absolute Gasteiger partial charge is 0.468 e. The molecule has 1 aliphatic rings. The van der Waals surface area contributed by atoms with Crippen molar-refractivity contribution in [2.45, 2.75) is 13.0 Å². The molecule has 7 nitrogen and oxygen atoms in total. The average molecular weight is 309 g/mol. The van der Waals surface area contributed by atoms with E-state index in [1.807, 2.05) is 25.9 Å². The van der Waals surface area contributed by atoms with Crippen molar-refractivity contribution in [2.24, 2.45) is 7.05 Å². The standard InChI is InChI=1S/C13H19N5O2S/c1-8-10-11(17(3)15-8)14-13(21-10)18-6-5-16(2)9(7-18)12(19)20-4/h9H,5-7H2,1-4H3/t9-/m0/s1. The van der Waals surface area contributed by atoms with Crippen LogP contribution in [0.15, 0.2) is 0 Å². The van der Waals surface area contributed by atoms with Crippen LogP contribution in [-0.2, 0) is 16.6 Å². The van der Waals surface area contributed by atoms with Gasteiger partial charge >= 0.3 is 5.97 Å². The van der Waals surface area contributed by atoms with Crippen LogP contribution in [-0.4, -0.2) is 65.5 Å². The van der Waals surface area contributed by atoms with Crippen molar-refractivity contribution in [2.75, 3.05) is 38.7 Å². The zero-order chi connectivity index (χ0) is 15.1. The summed E-state index contributed by atoms with van der Waals surface area (Å²) in [5.41, 5.74) is 1.90. The molecule has 0 amide bonds. The minimum absolute atomic E-state index is 0.193. The molecule has 0 radical (unpaired) electrons. The van der Waals surface area contributed by atoms with Crippen LogP contribution in [0.1, 0.15) is 5.69 Å². The highest BCUT2D eigenvalue weighted by Crippen LogP contribution is 2.31. The number of rotatable bonds is 2. The monoisotopic (exact) mass is 309 g/mol. The molecule has 8 heteroatoms. The van der Waals surface area contributed by atoms with Crippen LogP contribution in [0.3, 0.4) is 0 Å². The maximum Gasteiger partial charge on any atom is 0.324 e. The number of esters is 1. The fourth-order valence-corrected chi connectivity index (χ4v) is 3.71. The molecule has 0 bridgehead atoms. The van der Waals surface area contributed by atoms with E-state index in [9.17, 15) is 4.79 Å². The first-order chi connectivity index (χ1) is 10.0. The number of carbonyl (C=O) groups is 1. The van der Waals surface area contributed by atoms with E-state index in [4.69, 9.17) is 4.74 Å². The number of aryl methyl sites for hydroxylation is 2. The van der Waals surface area contributed by atoms with Gasteiger partial charge in [-0.3, -0.25) is 9.69 Å². The Labute approximate surface area is 127 Å². The van der Waals surface area contributed by atoms with E-state index in [1.54, 1.807) is 16.0 Å². The minimum Gasteiger partial charge on any atom is -0.468 e. The van der Waals surface area contributed by atoms with Crippen LogP contribution in [0, 0.1) is 6.92 Å². The van der Waals surface area contributed by atoms with Gasteiger partial charge in [0, 0.05) is 26.7 Å². The first-order valence-corrected chi connectivity index (χ1v) is 7.66. The van der Waals surface area contributed by atoms with E-state index in [0.29, 0.717) is 6.54 Å². The number of anilines is 1. The third kappa shape index (κ3) is 2.38. The van der Waals surface area contributed by atoms with Gasteiger partial charge in [-0.1, -0.05) is 11.3 Å². The number of carbonyl (C=O) groups excluding carboxylic acids is 1. The number of hydrogen-bond donors (Lipinski definition) is 0. The number of ether oxygens (including phenoxy) is 1. The van der Waals surface area contributed by atoms with Gasteiger partial charge in [0.2, 0.25) is 0 Å². The van der Waals surface area contributed by atoms with Gasteiger partial charge in [0.05, 0.1) is 17.5 Å². The quantitative estimate of drug-likeness (QED) is 0.758. The molecular formula is C13H19N5O2S. The van der Waals surface area contributed by atoms with E-state index in [-0.39, 0.29) is 12.0 Å². The molecule has 21 heavy (non-hydrogen) atoms. The van der Waals surface area contributed by atoms with Crippen molar-refractivity contribution in [1.82, 2.24) is 19.7 Å². The van der Waals surface area contributed by atoms with E-state index < -0.39 is 0 Å². The molecular weight excluding hydrogens is 290 g/mol. The number of hydrogen-bond acceptors (Lipinski definition) is 7. The Hall–Kier alpha value is -1.67. The second-order valence-electron chi connectivity index (χ2n) is 5.32. The fourth-order valence-electron chi connectivity index (χ4n) is 2.65. The summed E-state index contributed by atoms with van der Waals surface area (Å²) in [7, 11) is 5.28. The summed E-state index contributed by atoms with van der Waals surface area (Å²) >= 11 is 1.63. The molecule has 2 aromatic rings. The van der Waals surface area contributed by atoms with E-state index in [0.717, 1.165) is 34.3 Å². The van der Waals surface area contributed by atoms with Crippen LogP contribution in [0.2, 0.25) is 0 Å². The summed E-state index contributed by atoms with van der Waals surface area (Å²) in [4.78, 5) is 20.7. The molecule has 1 saturated heterocycles. The highest BCUT2D eigenvalue weighted by atomic mass is 32.1. The number of likely N-dealkylation sites (N-methyl/N-ethyl adjacent to an activating group) is 1. The number of piperazine rings is 1. The number of thiazole rings is 1. The number of nitrogens with zero attached hydrogens (tertiary/aromatic N) is 5. The Kier molecular flexibility index (Phi) is 3.58. The lowest BCUT2D eigenvalue weighted by Gasteiger charge is -2.37. The molecule has 0 unspecified atom stereocenters. The zero-order valence-corrected chi connectivity index (χ0v) is 13.5. The summed E-state index contributed by atoms with van der Waals surface area (Å²) in [5.74, 6) is -0.193. The second-order valence-corrected chi connectivity index (χ2v) is 6.30. The molecule has 1 atom stereocenters. The summed E-state index contributed by atoms with van der Waals surface area (Å²) in [6.45, 7) is 4.27. The van der Waals surface area contributed by atoms with Gasteiger partial charge in [-0.25, -0.2) is 9.67 Å². The van der Waals surface area contributed by atoms with Gasteiger partial charge in [0.25, 0.3) is 0 Å². The smallest absolute Gasteiger partial charge is 0.324 e. The summed E-state index contributed by atoms with van der Waals surface area (Å²) in [5, 5.41) is 5.32. The average Bonchev–Trinajstić information content (AvgIpc) is 3.01. The SMILES string of the molecule is COC(=O)[C@@H]1CN(c2nc3c(s2)c(C)nn3C)CCN1C. The van der Waals surface area contributed by atoms with Gasteiger partial charge in [-0.15, -0.1) is 0 Å². The second kappa shape index (κ2) is 5.27. The minimum atomic E-state index is -0.241. The number of aromatic nitrogens is 3. The van der Waals surface area contributed by atoms with Crippen LogP contribution >= 0.6 is 11.3 Å². The predicted molar refractivity (Wildman–Crippen MR) is 81.8 cm³/mol. The Morgan fingerprint density at radius 2 is 2.14 bits per heavy atom. The molecule has 1 fully saturated rings. The van der Waals surface area contributed by atoms with Crippen LogP contribution in [0.5, 0.6) is 0 Å². The lowest BCUT2D eigenvalue weighted by Crippen LogP contribution is -2.55. The van der Waals surface area contributed by atoms with E-state index in [2.05, 4.69) is 15.0 Å². The third-order valence-electron chi connectivity index (χ3n) is 3.92. The molecule has 2 aromatic heterocycles. The van der Waals surface area contributed by atoms with Crippen molar-refractivity contribution in [3.8, 4) is 0 Å². The molecule has 0 aromatic carbocycles. The van der Waals surface area contributed by atoms with Crippen molar-refractivity contribution >= 4 is 32.8 Å². The molecule has 1 aliphatic heterocycles. The maximum absolute atomic E-state index is 11.9. The molecule has 0 aliphatic carbocycles. The maximum atomic E-state index is 11.9. The molecule has 0 N–H and O–H groups in total. The topological polar surface area (TPSA) is 63.5 Å². The van der Waals surface area contributed by atoms with Crippen molar-refractivity contribution < 1.29 is 9.53 Å². The third-order valence-corrected chi connectivity index (χ3v) is 5.14. The van der Waals surface area contributed by atoms with Gasteiger partial charge < -0.3 is 9.64 Å². The first-order valence-electron chi connectivity index (χ1n) is 6.84. The Morgan fingerprint density at radius 1 is 1.38 bits per heavy atom. The highest BCUT2D eigenvalue weighted by Gasteiger charge is 2.32. The normalized spacial score (nSPS) is 20.2. The van der Waals surface area contributed by atoms with Crippen molar-refractivity contribution in [3.05, 3.63) is 5.69 Å².